The Morgan fingerprint density at radius 1 is 1.33 bits per heavy atom. The van der Waals surface area contributed by atoms with Gasteiger partial charge in [0.1, 0.15) is 19.0 Å². The first-order valence-electron chi connectivity index (χ1n) is 8.51. The highest BCUT2D eigenvalue weighted by Crippen LogP contribution is 2.38. The molecule has 0 radical (unpaired) electrons. The van der Waals surface area contributed by atoms with Crippen LogP contribution in [0.15, 0.2) is 42.5 Å². The Hall–Kier alpha value is -2.84. The second-order valence-corrected chi connectivity index (χ2v) is 6.45. The zero-order valence-corrected chi connectivity index (χ0v) is 15.5. The summed E-state index contributed by atoms with van der Waals surface area (Å²) >= 11 is 6.07. The molecular weight excluding hydrogens is 368 g/mol. The van der Waals surface area contributed by atoms with Gasteiger partial charge < -0.3 is 19.3 Å². The number of halogens is 1. The second kappa shape index (κ2) is 8.70. The minimum Gasteiger partial charge on any atom is -0.490 e. The zero-order chi connectivity index (χ0) is 19.2. The lowest BCUT2D eigenvalue weighted by Gasteiger charge is -2.27. The van der Waals surface area contributed by atoms with Crippen LogP contribution in [0.2, 0.25) is 5.02 Å². The molecular formula is C21H19ClO5. The number of fused-ring (bicyclic) bond motifs is 1. The van der Waals surface area contributed by atoms with E-state index in [1.54, 1.807) is 37.3 Å². The van der Waals surface area contributed by atoms with Crippen molar-refractivity contribution in [3.63, 3.8) is 0 Å². The number of para-hydroxylation sites is 1. The Balaban J connectivity index is 1.59. The summed E-state index contributed by atoms with van der Waals surface area (Å²) in [6.45, 7) is 2.37. The lowest BCUT2D eigenvalue weighted by atomic mass is 9.96. The van der Waals surface area contributed by atoms with Crippen molar-refractivity contribution >= 4 is 17.6 Å². The minimum absolute atomic E-state index is 0.0315. The van der Waals surface area contributed by atoms with Crippen molar-refractivity contribution in [3.05, 3.63) is 53.1 Å². The Morgan fingerprint density at radius 2 is 2.11 bits per heavy atom. The van der Waals surface area contributed by atoms with Gasteiger partial charge in [0, 0.05) is 0 Å². The third-order valence-electron chi connectivity index (χ3n) is 4.05. The van der Waals surface area contributed by atoms with Crippen LogP contribution in [-0.4, -0.2) is 30.4 Å². The average Bonchev–Trinajstić information content (AvgIpc) is 2.66. The van der Waals surface area contributed by atoms with E-state index in [4.69, 9.17) is 30.9 Å². The summed E-state index contributed by atoms with van der Waals surface area (Å²) in [4.78, 5) is 11.0. The number of aliphatic carboxylic acids is 1. The Bertz CT molecular complexity index is 866. The molecule has 2 aromatic carbocycles. The van der Waals surface area contributed by atoms with E-state index >= 15 is 0 Å². The van der Waals surface area contributed by atoms with Gasteiger partial charge in [0.15, 0.2) is 17.6 Å². The highest BCUT2D eigenvalue weighted by Gasteiger charge is 2.23. The molecule has 1 heterocycles. The molecule has 5 nitrogen and oxygen atoms in total. The Labute approximate surface area is 162 Å². The van der Waals surface area contributed by atoms with Gasteiger partial charge >= 0.3 is 5.97 Å². The molecule has 1 aliphatic heterocycles. The smallest absolute Gasteiger partial charge is 0.304 e. The molecule has 0 aliphatic carbocycles. The normalized spacial score (nSPS) is 16.0. The van der Waals surface area contributed by atoms with E-state index in [0.29, 0.717) is 35.5 Å². The first-order valence-corrected chi connectivity index (χ1v) is 8.89. The standard InChI is InChI=1S/C21H19ClO5/c1-2-4-15(11-20(23)24)14-7-9-16(10-8-14)25-12-17-13-26-21-18(22)5-3-6-19(21)27-17/h3,5-10,15,17H,11-13H2,1H3,(H,23,24)/t15?,17-/m0/s1. The van der Waals surface area contributed by atoms with Crippen molar-refractivity contribution in [1.29, 1.82) is 0 Å². The van der Waals surface area contributed by atoms with Gasteiger partial charge in [0.05, 0.1) is 17.4 Å². The maximum Gasteiger partial charge on any atom is 0.304 e. The summed E-state index contributed by atoms with van der Waals surface area (Å²) < 4.78 is 17.3. The molecule has 0 spiro atoms. The molecule has 0 amide bonds. The van der Waals surface area contributed by atoms with Crippen LogP contribution in [0, 0.1) is 11.8 Å². The number of carbonyl (C=O) groups is 1. The zero-order valence-electron chi connectivity index (χ0n) is 14.8. The maximum absolute atomic E-state index is 11.0. The number of hydrogen-bond donors (Lipinski definition) is 1. The minimum atomic E-state index is -0.877. The summed E-state index contributed by atoms with van der Waals surface area (Å²) in [6.07, 6.45) is -0.280. The highest BCUT2D eigenvalue weighted by atomic mass is 35.5. The van der Waals surface area contributed by atoms with Gasteiger partial charge in [0.25, 0.3) is 0 Å². The van der Waals surface area contributed by atoms with Crippen molar-refractivity contribution in [2.24, 2.45) is 0 Å². The van der Waals surface area contributed by atoms with Gasteiger partial charge in [-0.05, 0) is 36.8 Å². The third kappa shape index (κ3) is 4.87. The van der Waals surface area contributed by atoms with Gasteiger partial charge in [-0.15, -0.1) is 5.92 Å². The number of carboxylic acid groups (broad SMARTS) is 1. The van der Waals surface area contributed by atoms with Gasteiger partial charge in [-0.25, -0.2) is 0 Å². The van der Waals surface area contributed by atoms with Crippen molar-refractivity contribution in [2.75, 3.05) is 13.2 Å². The molecule has 2 atom stereocenters. The van der Waals surface area contributed by atoms with E-state index in [1.165, 1.54) is 0 Å². The molecule has 2 aromatic rings. The SMILES string of the molecule is CC#CC(CC(=O)O)c1ccc(OC[C@H]2COc3c(Cl)cccc3O2)cc1. The first-order chi connectivity index (χ1) is 13.1. The molecule has 0 fully saturated rings. The molecule has 3 rings (SSSR count). The second-order valence-electron chi connectivity index (χ2n) is 6.04. The summed E-state index contributed by atoms with van der Waals surface area (Å²) in [5.74, 6) is 6.32. The van der Waals surface area contributed by atoms with Gasteiger partial charge in [-0.3, -0.25) is 4.79 Å². The molecule has 1 N–H and O–H groups in total. The van der Waals surface area contributed by atoms with E-state index in [-0.39, 0.29) is 18.4 Å². The summed E-state index contributed by atoms with van der Waals surface area (Å²) in [5.41, 5.74) is 0.847. The predicted molar refractivity (Wildman–Crippen MR) is 102 cm³/mol. The van der Waals surface area contributed by atoms with Crippen LogP contribution in [0.3, 0.4) is 0 Å². The van der Waals surface area contributed by atoms with Crippen molar-refractivity contribution in [1.82, 2.24) is 0 Å². The highest BCUT2D eigenvalue weighted by molar-refractivity contribution is 6.32. The van der Waals surface area contributed by atoms with Crippen LogP contribution in [0.4, 0.5) is 0 Å². The number of benzene rings is 2. The average molecular weight is 387 g/mol. The number of rotatable bonds is 6. The molecule has 140 valence electrons. The van der Waals surface area contributed by atoms with Gasteiger partial charge in [0.2, 0.25) is 0 Å². The summed E-state index contributed by atoms with van der Waals surface area (Å²) in [7, 11) is 0. The Kier molecular flexibility index (Phi) is 6.10. The van der Waals surface area contributed by atoms with Crippen molar-refractivity contribution < 1.29 is 24.1 Å². The maximum atomic E-state index is 11.0. The van der Waals surface area contributed by atoms with Crippen LogP contribution in [-0.2, 0) is 4.79 Å². The number of ether oxygens (including phenoxy) is 3. The van der Waals surface area contributed by atoms with Crippen LogP contribution in [0.1, 0.15) is 24.8 Å². The monoisotopic (exact) mass is 386 g/mol. The van der Waals surface area contributed by atoms with Crippen LogP contribution in [0.5, 0.6) is 17.2 Å². The van der Waals surface area contributed by atoms with E-state index in [2.05, 4.69) is 11.8 Å². The van der Waals surface area contributed by atoms with Crippen LogP contribution in [0.25, 0.3) is 0 Å². The lowest BCUT2D eigenvalue weighted by molar-refractivity contribution is -0.137. The fourth-order valence-corrected chi connectivity index (χ4v) is 3.00. The molecule has 0 saturated heterocycles. The van der Waals surface area contributed by atoms with E-state index in [9.17, 15) is 4.79 Å². The van der Waals surface area contributed by atoms with Gasteiger partial charge in [-0.2, -0.15) is 0 Å². The largest absolute Gasteiger partial charge is 0.490 e. The first kappa shape index (κ1) is 18.9. The molecule has 0 saturated carbocycles. The molecule has 1 unspecified atom stereocenters. The van der Waals surface area contributed by atoms with Crippen molar-refractivity contribution in [3.8, 4) is 29.1 Å². The fourth-order valence-electron chi connectivity index (χ4n) is 2.78. The fraction of sp³-hybridized carbons (Fsp3) is 0.286. The molecule has 0 aromatic heterocycles. The van der Waals surface area contributed by atoms with E-state index < -0.39 is 5.97 Å². The molecule has 1 aliphatic rings. The Morgan fingerprint density at radius 3 is 2.81 bits per heavy atom. The van der Waals surface area contributed by atoms with E-state index in [1.807, 2.05) is 12.1 Å². The summed E-state index contributed by atoms with van der Waals surface area (Å²) in [6, 6.07) is 12.6. The number of hydrogen-bond acceptors (Lipinski definition) is 4. The molecule has 0 bridgehead atoms. The molecule has 6 heteroatoms. The lowest BCUT2D eigenvalue weighted by Crippen LogP contribution is -2.34. The van der Waals surface area contributed by atoms with Gasteiger partial charge in [-0.1, -0.05) is 35.7 Å². The quantitative estimate of drug-likeness (QED) is 0.756. The van der Waals surface area contributed by atoms with Crippen LogP contribution >= 0.6 is 11.6 Å². The van der Waals surface area contributed by atoms with Crippen LogP contribution < -0.4 is 14.2 Å². The summed E-state index contributed by atoms with van der Waals surface area (Å²) in [5, 5.41) is 9.54. The predicted octanol–water partition coefficient (Wildman–Crippen LogP) is 4.14. The molecule has 27 heavy (non-hydrogen) atoms. The van der Waals surface area contributed by atoms with E-state index in [0.717, 1.165) is 5.56 Å². The third-order valence-corrected chi connectivity index (χ3v) is 4.35. The van der Waals surface area contributed by atoms with Crippen molar-refractivity contribution in [2.45, 2.75) is 25.4 Å². The topological polar surface area (TPSA) is 65.0 Å². The number of carboxylic acids is 1.